The molecule has 1 aromatic rings. The van der Waals surface area contributed by atoms with Gasteiger partial charge >= 0.3 is 0 Å². The molecular weight excluding hydrogens is 278 g/mol. The number of amides is 2. The summed E-state index contributed by atoms with van der Waals surface area (Å²) in [6, 6.07) is 3.37. The van der Waals surface area contributed by atoms with Crippen molar-refractivity contribution >= 4 is 17.6 Å². The average molecular weight is 301 g/mol. The molecule has 0 aromatic carbocycles. The molecule has 0 saturated carbocycles. The molecule has 2 amide bonds. The Morgan fingerprint density at radius 2 is 2.23 bits per heavy atom. The van der Waals surface area contributed by atoms with Crippen molar-refractivity contribution in [3.8, 4) is 0 Å². The van der Waals surface area contributed by atoms with Gasteiger partial charge < -0.3 is 10.6 Å². The number of pyridine rings is 1. The van der Waals surface area contributed by atoms with Gasteiger partial charge in [-0.2, -0.15) is 0 Å². The maximum atomic E-state index is 12.3. The molecule has 1 unspecified atom stereocenters. The second kappa shape index (κ2) is 7.20. The van der Waals surface area contributed by atoms with Crippen molar-refractivity contribution in [2.45, 2.75) is 46.1 Å². The Balaban J connectivity index is 1.97. The zero-order valence-electron chi connectivity index (χ0n) is 13.3. The van der Waals surface area contributed by atoms with Crippen LogP contribution in [0.15, 0.2) is 30.0 Å². The molecule has 5 nitrogen and oxygen atoms in total. The van der Waals surface area contributed by atoms with Gasteiger partial charge in [0.25, 0.3) is 5.91 Å². The maximum absolute atomic E-state index is 12.3. The van der Waals surface area contributed by atoms with E-state index in [-0.39, 0.29) is 17.9 Å². The number of nitrogens with one attached hydrogen (secondary N) is 2. The summed E-state index contributed by atoms with van der Waals surface area (Å²) in [5, 5.41) is 5.70. The van der Waals surface area contributed by atoms with Gasteiger partial charge in [0.1, 0.15) is 5.82 Å². The van der Waals surface area contributed by atoms with Gasteiger partial charge in [0, 0.05) is 24.2 Å². The zero-order valence-corrected chi connectivity index (χ0v) is 13.3. The predicted molar refractivity (Wildman–Crippen MR) is 86.6 cm³/mol. The Morgan fingerprint density at radius 1 is 1.45 bits per heavy atom. The molecule has 2 N–H and O–H groups in total. The van der Waals surface area contributed by atoms with Crippen LogP contribution in [0.25, 0.3) is 0 Å². The molecule has 2 atom stereocenters. The van der Waals surface area contributed by atoms with Gasteiger partial charge in [-0.05, 0) is 44.7 Å². The lowest BCUT2D eigenvalue weighted by Gasteiger charge is -2.21. The summed E-state index contributed by atoms with van der Waals surface area (Å²) in [6.07, 6.45) is 6.20. The van der Waals surface area contributed by atoms with Crippen molar-refractivity contribution in [3.05, 3.63) is 35.5 Å². The summed E-state index contributed by atoms with van der Waals surface area (Å²) < 4.78 is 0. The number of nitrogens with zero attached hydrogens (tertiary/aromatic N) is 1. The van der Waals surface area contributed by atoms with Crippen molar-refractivity contribution in [3.63, 3.8) is 0 Å². The number of rotatable bonds is 5. The number of carbonyl (C=O) groups is 2. The Kier molecular flexibility index (Phi) is 5.31. The van der Waals surface area contributed by atoms with E-state index in [2.05, 4.69) is 28.6 Å². The molecule has 0 radical (unpaired) electrons. The van der Waals surface area contributed by atoms with E-state index >= 15 is 0 Å². The molecule has 0 spiro atoms. The van der Waals surface area contributed by atoms with Crippen LogP contribution in [-0.2, 0) is 4.79 Å². The van der Waals surface area contributed by atoms with Crippen molar-refractivity contribution in [1.82, 2.24) is 10.3 Å². The van der Waals surface area contributed by atoms with Crippen LogP contribution < -0.4 is 10.6 Å². The largest absolute Gasteiger partial charge is 0.349 e. The first kappa shape index (κ1) is 16.2. The van der Waals surface area contributed by atoms with Gasteiger partial charge in [-0.25, -0.2) is 4.98 Å². The third kappa shape index (κ3) is 4.16. The van der Waals surface area contributed by atoms with E-state index in [1.165, 1.54) is 11.8 Å². The topological polar surface area (TPSA) is 71.1 Å². The summed E-state index contributed by atoms with van der Waals surface area (Å²) in [5.41, 5.74) is 1.90. The minimum Gasteiger partial charge on any atom is -0.349 e. The number of carbonyl (C=O) groups excluding carboxylic acids is 2. The third-order valence-electron chi connectivity index (χ3n) is 4.03. The number of anilines is 1. The van der Waals surface area contributed by atoms with Crippen molar-refractivity contribution < 1.29 is 9.59 Å². The summed E-state index contributed by atoms with van der Waals surface area (Å²) in [7, 11) is 0. The first-order valence-corrected chi connectivity index (χ1v) is 7.72. The highest BCUT2D eigenvalue weighted by molar-refractivity contribution is 5.96. The van der Waals surface area contributed by atoms with Crippen molar-refractivity contribution in [2.24, 2.45) is 5.92 Å². The molecule has 1 aromatic heterocycles. The fraction of sp³-hybridized carbons (Fsp3) is 0.471. The van der Waals surface area contributed by atoms with Crippen LogP contribution in [0.4, 0.5) is 5.82 Å². The highest BCUT2D eigenvalue weighted by Crippen LogP contribution is 2.27. The molecule has 1 aliphatic rings. The van der Waals surface area contributed by atoms with Crippen molar-refractivity contribution in [1.29, 1.82) is 0 Å². The molecule has 2 rings (SSSR count). The van der Waals surface area contributed by atoms with E-state index in [1.807, 2.05) is 6.92 Å². The molecule has 0 saturated heterocycles. The molecule has 22 heavy (non-hydrogen) atoms. The van der Waals surface area contributed by atoms with Crippen LogP contribution in [0, 0.1) is 5.92 Å². The monoisotopic (exact) mass is 301 g/mol. The predicted octanol–water partition coefficient (Wildman–Crippen LogP) is 2.90. The fourth-order valence-corrected chi connectivity index (χ4v) is 2.59. The Labute approximate surface area is 131 Å². The lowest BCUT2D eigenvalue weighted by atomic mass is 9.97. The van der Waals surface area contributed by atoms with E-state index in [0.29, 0.717) is 23.7 Å². The molecule has 118 valence electrons. The summed E-state index contributed by atoms with van der Waals surface area (Å²) in [6.45, 7) is 5.93. The maximum Gasteiger partial charge on any atom is 0.251 e. The van der Waals surface area contributed by atoms with E-state index in [1.54, 1.807) is 19.1 Å². The van der Waals surface area contributed by atoms with E-state index in [9.17, 15) is 9.59 Å². The van der Waals surface area contributed by atoms with E-state index in [0.717, 1.165) is 12.8 Å². The van der Waals surface area contributed by atoms with Crippen LogP contribution in [0.5, 0.6) is 0 Å². The summed E-state index contributed by atoms with van der Waals surface area (Å²) in [5.74, 6) is 0.618. The average Bonchev–Trinajstić information content (AvgIpc) is 2.94. The Hall–Kier alpha value is -2.17. The van der Waals surface area contributed by atoms with Crippen LogP contribution in [0.1, 0.15) is 50.4 Å². The first-order valence-electron chi connectivity index (χ1n) is 7.72. The second-order valence-electron chi connectivity index (χ2n) is 5.84. The van der Waals surface area contributed by atoms with Crippen LogP contribution in [0.2, 0.25) is 0 Å². The lowest BCUT2D eigenvalue weighted by molar-refractivity contribution is -0.115. The molecule has 1 aliphatic carbocycles. The van der Waals surface area contributed by atoms with Gasteiger partial charge in [-0.1, -0.05) is 18.6 Å². The van der Waals surface area contributed by atoms with Crippen LogP contribution >= 0.6 is 0 Å². The quantitative estimate of drug-likeness (QED) is 0.821. The van der Waals surface area contributed by atoms with Gasteiger partial charge in [-0.3, -0.25) is 9.59 Å². The smallest absolute Gasteiger partial charge is 0.251 e. The normalized spacial score (nSPS) is 18.5. The molecule has 0 fully saturated rings. The first-order chi connectivity index (χ1) is 10.5. The molecule has 0 aliphatic heterocycles. The van der Waals surface area contributed by atoms with Gasteiger partial charge in [0.05, 0.1) is 0 Å². The summed E-state index contributed by atoms with van der Waals surface area (Å²) >= 11 is 0. The Morgan fingerprint density at radius 3 is 2.86 bits per heavy atom. The molecular formula is C17H23N3O2. The minimum absolute atomic E-state index is 0.114. The number of hydrogen-bond donors (Lipinski definition) is 2. The number of aromatic nitrogens is 1. The van der Waals surface area contributed by atoms with Gasteiger partial charge in [-0.15, -0.1) is 0 Å². The SMILES string of the molecule is CCC(=O)Nc1cc(C(=O)NC(C)[C@H]2CC=C(C)C2)ccn1. The van der Waals surface area contributed by atoms with Crippen LogP contribution in [-0.4, -0.2) is 22.8 Å². The summed E-state index contributed by atoms with van der Waals surface area (Å²) in [4.78, 5) is 27.8. The number of hydrogen-bond acceptors (Lipinski definition) is 3. The lowest BCUT2D eigenvalue weighted by Crippen LogP contribution is -2.37. The highest BCUT2D eigenvalue weighted by Gasteiger charge is 2.22. The molecule has 5 heteroatoms. The Bertz CT molecular complexity index is 595. The van der Waals surface area contributed by atoms with Crippen molar-refractivity contribution in [2.75, 3.05) is 5.32 Å². The fourth-order valence-electron chi connectivity index (χ4n) is 2.59. The van der Waals surface area contributed by atoms with Gasteiger partial charge in [0.2, 0.25) is 5.91 Å². The standard InChI is InChI=1S/C17H23N3O2/c1-4-16(21)20-15-10-14(7-8-18-15)17(22)19-12(3)13-6-5-11(2)9-13/h5,7-8,10,12-13H,4,6,9H2,1-3H3,(H,19,22)(H,18,20,21)/t12?,13-/m0/s1. The molecule has 1 heterocycles. The molecule has 0 bridgehead atoms. The second-order valence-corrected chi connectivity index (χ2v) is 5.84. The van der Waals surface area contributed by atoms with Gasteiger partial charge in [0.15, 0.2) is 0 Å². The van der Waals surface area contributed by atoms with E-state index in [4.69, 9.17) is 0 Å². The number of allylic oxidation sites excluding steroid dienone is 2. The zero-order chi connectivity index (χ0) is 16.1. The van der Waals surface area contributed by atoms with Crippen LogP contribution in [0.3, 0.4) is 0 Å². The van der Waals surface area contributed by atoms with E-state index < -0.39 is 0 Å². The third-order valence-corrected chi connectivity index (χ3v) is 4.03. The minimum atomic E-state index is -0.133. The highest BCUT2D eigenvalue weighted by atomic mass is 16.2.